The highest BCUT2D eigenvalue weighted by molar-refractivity contribution is 5.91. The zero-order valence-corrected chi connectivity index (χ0v) is 10.5. The lowest BCUT2D eigenvalue weighted by atomic mass is 9.75. The Labute approximate surface area is 102 Å². The lowest BCUT2D eigenvalue weighted by molar-refractivity contribution is -0.118. The highest BCUT2D eigenvalue weighted by Crippen LogP contribution is 2.32. The van der Waals surface area contributed by atoms with Gasteiger partial charge in [-0.05, 0) is 56.4 Å². The molecule has 0 spiro atoms. The molecule has 3 nitrogen and oxygen atoms in total. The molecule has 17 heavy (non-hydrogen) atoms. The van der Waals surface area contributed by atoms with Gasteiger partial charge in [0.25, 0.3) is 0 Å². The fraction of sp³-hybridized carbons (Fsp3) is 0.500. The maximum Gasteiger partial charge on any atom is 0.226 e. The van der Waals surface area contributed by atoms with Gasteiger partial charge in [0.2, 0.25) is 5.91 Å². The third-order valence-corrected chi connectivity index (χ3v) is 3.65. The molecule has 1 aromatic rings. The number of anilines is 1. The summed E-state index contributed by atoms with van der Waals surface area (Å²) in [5.41, 5.74) is 9.09. The fourth-order valence-electron chi connectivity index (χ4n) is 2.15. The van der Waals surface area contributed by atoms with Gasteiger partial charge in [0.05, 0.1) is 0 Å². The molecule has 0 saturated heterocycles. The van der Waals surface area contributed by atoms with Gasteiger partial charge >= 0.3 is 0 Å². The average Bonchev–Trinajstić information content (AvgIpc) is 2.21. The normalized spacial score (nSPS) is 17.4. The van der Waals surface area contributed by atoms with Crippen molar-refractivity contribution >= 4 is 11.6 Å². The van der Waals surface area contributed by atoms with E-state index in [9.17, 15) is 4.79 Å². The monoisotopic (exact) mass is 232 g/mol. The second-order valence-corrected chi connectivity index (χ2v) is 5.24. The summed E-state index contributed by atoms with van der Waals surface area (Å²) < 4.78 is 0. The Bertz CT molecular complexity index is 436. The quantitative estimate of drug-likeness (QED) is 0.841. The van der Waals surface area contributed by atoms with Gasteiger partial charge in [-0.2, -0.15) is 0 Å². The topological polar surface area (TPSA) is 55.1 Å². The van der Waals surface area contributed by atoms with E-state index in [1.807, 2.05) is 25.1 Å². The molecule has 3 heteroatoms. The summed E-state index contributed by atoms with van der Waals surface area (Å²) in [6.45, 7) is 4.10. The van der Waals surface area contributed by atoms with Crippen molar-refractivity contribution in [3.05, 3.63) is 29.3 Å². The molecule has 0 heterocycles. The van der Waals surface area contributed by atoms with E-state index in [1.165, 1.54) is 11.1 Å². The number of nitrogens with two attached hydrogens (primary N) is 1. The summed E-state index contributed by atoms with van der Waals surface area (Å²) in [6.07, 6.45) is 3.51. The van der Waals surface area contributed by atoms with Crippen LogP contribution in [0.1, 0.15) is 36.8 Å². The molecule has 0 radical (unpaired) electrons. The Morgan fingerprint density at radius 3 is 2.59 bits per heavy atom. The predicted octanol–water partition coefficient (Wildman–Crippen LogP) is 2.51. The van der Waals surface area contributed by atoms with Crippen LogP contribution in [0, 0.1) is 13.8 Å². The molecule has 0 aromatic heterocycles. The first-order chi connectivity index (χ1) is 7.98. The first-order valence-corrected chi connectivity index (χ1v) is 6.15. The molecule has 0 bridgehead atoms. The zero-order valence-electron chi connectivity index (χ0n) is 10.5. The van der Waals surface area contributed by atoms with Crippen LogP contribution in [0.4, 0.5) is 5.69 Å². The predicted molar refractivity (Wildman–Crippen MR) is 69.9 cm³/mol. The van der Waals surface area contributed by atoms with Gasteiger partial charge in [-0.15, -0.1) is 0 Å². The fourth-order valence-corrected chi connectivity index (χ4v) is 2.15. The number of rotatable bonds is 3. The number of benzene rings is 1. The molecule has 1 aliphatic carbocycles. The second kappa shape index (κ2) is 4.49. The van der Waals surface area contributed by atoms with Crippen molar-refractivity contribution in [1.82, 2.24) is 0 Å². The molecule has 0 unspecified atom stereocenters. The van der Waals surface area contributed by atoms with E-state index in [2.05, 4.69) is 12.2 Å². The molecule has 2 rings (SSSR count). The standard InChI is InChI=1S/C14H20N2O/c1-10-4-5-12(8-11(10)2)16-13(17)9-14(15)6-3-7-14/h4-5,8H,3,6-7,9,15H2,1-2H3,(H,16,17). The summed E-state index contributed by atoms with van der Waals surface area (Å²) in [5.74, 6) is 0.0236. The molecule has 1 fully saturated rings. The van der Waals surface area contributed by atoms with Gasteiger partial charge in [0.1, 0.15) is 0 Å². The van der Waals surface area contributed by atoms with Gasteiger partial charge < -0.3 is 11.1 Å². The van der Waals surface area contributed by atoms with Crippen molar-refractivity contribution in [3.8, 4) is 0 Å². The first kappa shape index (κ1) is 12.1. The van der Waals surface area contributed by atoms with E-state index in [0.717, 1.165) is 24.9 Å². The number of hydrogen-bond donors (Lipinski definition) is 2. The summed E-state index contributed by atoms with van der Waals surface area (Å²) in [5, 5.41) is 2.92. The van der Waals surface area contributed by atoms with Gasteiger partial charge in [0.15, 0.2) is 0 Å². The van der Waals surface area contributed by atoms with Gasteiger partial charge in [-0.3, -0.25) is 4.79 Å². The van der Waals surface area contributed by atoms with E-state index in [0.29, 0.717) is 6.42 Å². The Kier molecular flexibility index (Phi) is 3.20. The van der Waals surface area contributed by atoms with Crippen LogP contribution in [0.3, 0.4) is 0 Å². The summed E-state index contributed by atoms with van der Waals surface area (Å²) >= 11 is 0. The van der Waals surface area contributed by atoms with Gasteiger partial charge in [0, 0.05) is 17.6 Å². The molecule has 1 saturated carbocycles. The summed E-state index contributed by atoms with van der Waals surface area (Å²) in [6, 6.07) is 5.95. The van der Waals surface area contributed by atoms with Crippen LogP contribution in [0.25, 0.3) is 0 Å². The molecule has 3 N–H and O–H groups in total. The minimum Gasteiger partial charge on any atom is -0.326 e. The van der Waals surface area contributed by atoms with E-state index in [-0.39, 0.29) is 11.4 Å². The SMILES string of the molecule is Cc1ccc(NC(=O)CC2(N)CCC2)cc1C. The Morgan fingerprint density at radius 1 is 1.35 bits per heavy atom. The molecular formula is C14H20N2O. The number of hydrogen-bond acceptors (Lipinski definition) is 2. The Balaban J connectivity index is 1.95. The number of amides is 1. The Hall–Kier alpha value is -1.35. The maximum atomic E-state index is 11.8. The van der Waals surface area contributed by atoms with Crippen LogP contribution in [0.15, 0.2) is 18.2 Å². The van der Waals surface area contributed by atoms with E-state index in [1.54, 1.807) is 0 Å². The van der Waals surface area contributed by atoms with Crippen LogP contribution < -0.4 is 11.1 Å². The molecule has 1 aliphatic rings. The van der Waals surface area contributed by atoms with Crippen molar-refractivity contribution in [3.63, 3.8) is 0 Å². The minimum absolute atomic E-state index is 0.0236. The first-order valence-electron chi connectivity index (χ1n) is 6.15. The van der Waals surface area contributed by atoms with E-state index < -0.39 is 0 Å². The Morgan fingerprint density at radius 2 is 2.06 bits per heavy atom. The summed E-state index contributed by atoms with van der Waals surface area (Å²) in [4.78, 5) is 11.8. The molecule has 0 atom stereocenters. The second-order valence-electron chi connectivity index (χ2n) is 5.24. The minimum atomic E-state index is -0.246. The van der Waals surface area contributed by atoms with E-state index >= 15 is 0 Å². The van der Waals surface area contributed by atoms with E-state index in [4.69, 9.17) is 5.73 Å². The molecular weight excluding hydrogens is 212 g/mol. The highest BCUT2D eigenvalue weighted by atomic mass is 16.1. The van der Waals surface area contributed by atoms with Crippen LogP contribution >= 0.6 is 0 Å². The number of aryl methyl sites for hydroxylation is 2. The molecule has 0 aliphatic heterocycles. The number of carbonyl (C=O) groups excluding carboxylic acids is 1. The lowest BCUT2D eigenvalue weighted by Crippen LogP contribution is -2.48. The van der Waals surface area contributed by atoms with Crippen LogP contribution in [-0.2, 0) is 4.79 Å². The highest BCUT2D eigenvalue weighted by Gasteiger charge is 2.34. The maximum absolute atomic E-state index is 11.8. The van der Waals surface area contributed by atoms with Gasteiger partial charge in [-0.1, -0.05) is 6.07 Å². The van der Waals surface area contributed by atoms with Crippen molar-refractivity contribution in [1.29, 1.82) is 0 Å². The third-order valence-electron chi connectivity index (χ3n) is 3.65. The summed E-state index contributed by atoms with van der Waals surface area (Å²) in [7, 11) is 0. The largest absolute Gasteiger partial charge is 0.326 e. The van der Waals surface area contributed by atoms with Crippen molar-refractivity contribution in [2.45, 2.75) is 45.1 Å². The number of nitrogens with one attached hydrogen (secondary N) is 1. The van der Waals surface area contributed by atoms with Gasteiger partial charge in [-0.25, -0.2) is 0 Å². The van der Waals surface area contributed by atoms with Crippen LogP contribution in [0.5, 0.6) is 0 Å². The molecule has 1 amide bonds. The van der Waals surface area contributed by atoms with Crippen LogP contribution in [0.2, 0.25) is 0 Å². The van der Waals surface area contributed by atoms with Crippen molar-refractivity contribution < 1.29 is 4.79 Å². The average molecular weight is 232 g/mol. The van der Waals surface area contributed by atoms with Crippen LogP contribution in [-0.4, -0.2) is 11.4 Å². The third kappa shape index (κ3) is 2.86. The smallest absolute Gasteiger partial charge is 0.226 e. The molecule has 1 aromatic carbocycles. The lowest BCUT2D eigenvalue weighted by Gasteiger charge is -2.37. The number of carbonyl (C=O) groups is 1. The van der Waals surface area contributed by atoms with Crippen molar-refractivity contribution in [2.24, 2.45) is 5.73 Å². The zero-order chi connectivity index (χ0) is 12.5. The van der Waals surface area contributed by atoms with Crippen molar-refractivity contribution in [2.75, 3.05) is 5.32 Å². The molecule has 92 valence electrons.